The summed E-state index contributed by atoms with van der Waals surface area (Å²) >= 11 is 1.72. The molecule has 8 nitrogen and oxygen atoms in total. The lowest BCUT2D eigenvalue weighted by Gasteiger charge is -2.09. The van der Waals surface area contributed by atoms with Crippen molar-refractivity contribution in [3.8, 4) is 5.75 Å². The minimum atomic E-state index is -0.566. The van der Waals surface area contributed by atoms with E-state index < -0.39 is 5.97 Å². The summed E-state index contributed by atoms with van der Waals surface area (Å²) in [4.78, 5) is 32.5. The van der Waals surface area contributed by atoms with Gasteiger partial charge in [0.2, 0.25) is 0 Å². The molecule has 4 rings (SSSR count). The average Bonchev–Trinajstić information content (AvgIpc) is 3.37. The van der Waals surface area contributed by atoms with Gasteiger partial charge in [0, 0.05) is 34.3 Å². The van der Waals surface area contributed by atoms with Gasteiger partial charge in [-0.15, -0.1) is 11.3 Å². The number of anilines is 2. The van der Waals surface area contributed by atoms with Crippen LogP contribution in [-0.2, 0) is 18.3 Å². The summed E-state index contributed by atoms with van der Waals surface area (Å²) in [7, 11) is 4.58. The number of methoxy groups -OCH3 is 2. The van der Waals surface area contributed by atoms with Crippen LogP contribution in [0.2, 0.25) is 0 Å². The predicted octanol–water partition coefficient (Wildman–Crippen LogP) is 4.60. The molecule has 0 atom stereocenters. The highest BCUT2D eigenvalue weighted by atomic mass is 32.1. The van der Waals surface area contributed by atoms with Gasteiger partial charge in [0.1, 0.15) is 11.4 Å². The van der Waals surface area contributed by atoms with Gasteiger partial charge in [-0.25, -0.2) is 9.78 Å². The van der Waals surface area contributed by atoms with E-state index in [1.807, 2.05) is 6.07 Å². The summed E-state index contributed by atoms with van der Waals surface area (Å²) in [6.07, 6.45) is 1.71. The number of nitrogens with one attached hydrogen (secondary N) is 2. The highest BCUT2D eigenvalue weighted by molar-refractivity contribution is 7.11. The van der Waals surface area contributed by atoms with Crippen LogP contribution < -0.4 is 15.4 Å². The Hall–Kier alpha value is -3.85. The number of benzene rings is 1. The molecule has 9 heteroatoms. The van der Waals surface area contributed by atoms with Crippen LogP contribution in [0.3, 0.4) is 0 Å². The van der Waals surface area contributed by atoms with Gasteiger partial charge in [-0.1, -0.05) is 0 Å². The van der Waals surface area contributed by atoms with E-state index in [1.165, 1.54) is 16.9 Å². The van der Waals surface area contributed by atoms with E-state index in [4.69, 9.17) is 9.47 Å². The van der Waals surface area contributed by atoms with E-state index in [2.05, 4.69) is 34.7 Å². The van der Waals surface area contributed by atoms with E-state index >= 15 is 0 Å². The molecule has 0 aliphatic rings. The van der Waals surface area contributed by atoms with E-state index in [0.717, 1.165) is 5.69 Å². The number of carbonyl (C=O) groups is 2. The molecule has 4 aromatic rings. The molecule has 0 fully saturated rings. The van der Waals surface area contributed by atoms with E-state index in [-0.39, 0.29) is 11.6 Å². The zero-order chi connectivity index (χ0) is 23.5. The highest BCUT2D eigenvalue weighted by Crippen LogP contribution is 2.32. The summed E-state index contributed by atoms with van der Waals surface area (Å²) in [5.74, 6) is -0.278. The molecule has 1 amide bonds. The topological polar surface area (TPSA) is 94.5 Å². The van der Waals surface area contributed by atoms with Crippen LogP contribution in [0.15, 0.2) is 48.7 Å². The summed E-state index contributed by atoms with van der Waals surface area (Å²) in [5, 5.41) is 6.87. The van der Waals surface area contributed by atoms with Crippen molar-refractivity contribution in [3.05, 3.63) is 69.7 Å². The number of thiophene rings is 1. The smallest absolute Gasteiger partial charge is 0.356 e. The third kappa shape index (κ3) is 4.54. The molecule has 2 N–H and O–H groups in total. The lowest BCUT2D eigenvalue weighted by Crippen LogP contribution is -2.16. The number of hydrogen-bond acceptors (Lipinski definition) is 7. The Morgan fingerprint density at radius 2 is 1.88 bits per heavy atom. The van der Waals surface area contributed by atoms with Crippen LogP contribution in [0.25, 0.3) is 11.0 Å². The van der Waals surface area contributed by atoms with Gasteiger partial charge in [0.25, 0.3) is 5.91 Å². The third-order valence-corrected chi connectivity index (χ3v) is 6.26. The molecule has 3 heterocycles. The molecule has 170 valence electrons. The number of esters is 1. The fourth-order valence-corrected chi connectivity index (χ4v) is 4.40. The number of amides is 1. The Morgan fingerprint density at radius 3 is 2.52 bits per heavy atom. The van der Waals surface area contributed by atoms with Crippen molar-refractivity contribution < 1.29 is 19.1 Å². The quantitative estimate of drug-likeness (QED) is 0.388. The maximum Gasteiger partial charge on any atom is 0.356 e. The van der Waals surface area contributed by atoms with Gasteiger partial charge in [-0.2, -0.15) is 0 Å². The average molecular weight is 465 g/mol. The Balaban J connectivity index is 1.70. The molecule has 3 aromatic heterocycles. The Kier molecular flexibility index (Phi) is 6.32. The second-order valence-corrected chi connectivity index (χ2v) is 8.79. The number of nitrogens with zero attached hydrogens (tertiary/aromatic N) is 2. The minimum absolute atomic E-state index is 0.216. The second kappa shape index (κ2) is 9.33. The molecule has 0 unspecified atom stereocenters. The van der Waals surface area contributed by atoms with Crippen molar-refractivity contribution in [2.75, 3.05) is 24.9 Å². The van der Waals surface area contributed by atoms with Crippen LogP contribution in [-0.4, -0.2) is 35.6 Å². The molecule has 0 spiro atoms. The van der Waals surface area contributed by atoms with Crippen LogP contribution in [0.5, 0.6) is 5.75 Å². The zero-order valence-electron chi connectivity index (χ0n) is 18.8. The SMILES string of the molecule is COC(=O)c1c(NC(=O)c2ccc(OC)cc2)c2cc(NCc3ccc(C)s3)cnc2n1C. The highest BCUT2D eigenvalue weighted by Gasteiger charge is 2.25. The van der Waals surface area contributed by atoms with Crippen molar-refractivity contribution in [1.82, 2.24) is 9.55 Å². The number of aryl methyl sites for hydroxylation is 2. The first kappa shape index (κ1) is 22.3. The lowest BCUT2D eigenvalue weighted by atomic mass is 10.2. The number of aromatic nitrogens is 2. The monoisotopic (exact) mass is 464 g/mol. The maximum atomic E-state index is 13.0. The number of carbonyl (C=O) groups excluding carboxylic acids is 2. The number of fused-ring (bicyclic) bond motifs is 1. The number of ether oxygens (including phenoxy) is 2. The predicted molar refractivity (Wildman–Crippen MR) is 129 cm³/mol. The first-order valence-corrected chi connectivity index (χ1v) is 11.0. The summed E-state index contributed by atoms with van der Waals surface area (Å²) in [6, 6.07) is 12.8. The first-order valence-electron chi connectivity index (χ1n) is 10.2. The van der Waals surface area contributed by atoms with Crippen molar-refractivity contribution in [2.24, 2.45) is 7.05 Å². The van der Waals surface area contributed by atoms with Gasteiger partial charge < -0.3 is 24.7 Å². The summed E-state index contributed by atoms with van der Waals surface area (Å²) in [6.45, 7) is 2.72. The summed E-state index contributed by atoms with van der Waals surface area (Å²) < 4.78 is 11.7. The third-order valence-electron chi connectivity index (χ3n) is 5.26. The normalized spacial score (nSPS) is 10.8. The van der Waals surface area contributed by atoms with E-state index in [9.17, 15) is 9.59 Å². The Morgan fingerprint density at radius 1 is 1.12 bits per heavy atom. The van der Waals surface area contributed by atoms with Crippen molar-refractivity contribution >= 4 is 45.6 Å². The molecule has 1 aromatic carbocycles. The molecule has 0 aliphatic heterocycles. The zero-order valence-corrected chi connectivity index (χ0v) is 19.6. The standard InChI is InChI=1S/C24H24N4O4S/c1-14-5-10-18(33-14)13-25-16-11-19-20(21(24(30)32-4)28(2)22(19)26-12-16)27-23(29)15-6-8-17(31-3)9-7-15/h5-12,25H,13H2,1-4H3,(H,27,29). The van der Waals surface area contributed by atoms with Gasteiger partial charge in [0.05, 0.1) is 31.8 Å². The Labute approximate surface area is 195 Å². The Bertz CT molecular complexity index is 1320. The van der Waals surface area contributed by atoms with Crippen molar-refractivity contribution in [3.63, 3.8) is 0 Å². The second-order valence-electron chi connectivity index (χ2n) is 7.42. The van der Waals surface area contributed by atoms with Crippen LogP contribution in [0.4, 0.5) is 11.4 Å². The van der Waals surface area contributed by atoms with E-state index in [1.54, 1.807) is 60.5 Å². The lowest BCUT2D eigenvalue weighted by molar-refractivity contribution is 0.0591. The van der Waals surface area contributed by atoms with Gasteiger partial charge >= 0.3 is 5.97 Å². The first-order chi connectivity index (χ1) is 15.9. The molecule has 0 saturated heterocycles. The maximum absolute atomic E-state index is 13.0. The molecule has 33 heavy (non-hydrogen) atoms. The number of rotatable bonds is 7. The van der Waals surface area contributed by atoms with Gasteiger partial charge in [-0.3, -0.25) is 4.79 Å². The van der Waals surface area contributed by atoms with Crippen molar-refractivity contribution in [1.29, 1.82) is 0 Å². The summed E-state index contributed by atoms with van der Waals surface area (Å²) in [5.41, 5.74) is 2.32. The molecular weight excluding hydrogens is 440 g/mol. The molecule has 0 bridgehead atoms. The number of pyridine rings is 1. The largest absolute Gasteiger partial charge is 0.497 e. The van der Waals surface area contributed by atoms with Crippen LogP contribution in [0.1, 0.15) is 30.6 Å². The molecule has 0 aliphatic carbocycles. The molecular formula is C24H24N4O4S. The van der Waals surface area contributed by atoms with Gasteiger partial charge in [0.15, 0.2) is 5.69 Å². The molecule has 0 saturated carbocycles. The number of hydrogen-bond donors (Lipinski definition) is 2. The van der Waals surface area contributed by atoms with Crippen molar-refractivity contribution in [2.45, 2.75) is 13.5 Å². The fourth-order valence-electron chi connectivity index (χ4n) is 3.57. The fraction of sp³-hybridized carbons (Fsp3) is 0.208. The molecule has 0 radical (unpaired) electrons. The van der Waals surface area contributed by atoms with Gasteiger partial charge in [-0.05, 0) is 49.4 Å². The van der Waals surface area contributed by atoms with Crippen LogP contribution >= 0.6 is 11.3 Å². The van der Waals surface area contributed by atoms with E-state index in [0.29, 0.717) is 34.6 Å². The minimum Gasteiger partial charge on any atom is -0.497 e. The van der Waals surface area contributed by atoms with Crippen LogP contribution in [0, 0.1) is 6.92 Å².